The Morgan fingerprint density at radius 1 is 1.43 bits per heavy atom. The van der Waals surface area contributed by atoms with E-state index >= 15 is 0 Å². The molecular weight excluding hydrogens is 297 g/mol. The molecule has 8 heteroatoms. The Bertz CT molecular complexity index is 652. The quantitative estimate of drug-likeness (QED) is 0.636. The molecule has 0 amide bonds. The number of benzene rings is 1. The van der Waals surface area contributed by atoms with Crippen molar-refractivity contribution in [3.8, 4) is 0 Å². The molecule has 1 aliphatic rings. The Balaban J connectivity index is 2.41. The normalized spacial score (nSPS) is 20.4. The zero-order valence-corrected chi connectivity index (χ0v) is 12.7. The van der Waals surface area contributed by atoms with Crippen LogP contribution in [0.25, 0.3) is 0 Å². The molecule has 1 aromatic rings. The molecule has 1 unspecified atom stereocenters. The van der Waals surface area contributed by atoms with Crippen molar-refractivity contribution in [2.24, 2.45) is 5.73 Å². The molecule has 0 aromatic heterocycles. The van der Waals surface area contributed by atoms with Gasteiger partial charge in [-0.1, -0.05) is 0 Å². The van der Waals surface area contributed by atoms with E-state index in [1.807, 2.05) is 0 Å². The van der Waals surface area contributed by atoms with Crippen molar-refractivity contribution in [3.05, 3.63) is 29.1 Å². The van der Waals surface area contributed by atoms with E-state index in [9.17, 15) is 12.8 Å². The standard InChI is InChI=1S/C13H18FN3O3S/c1-8-5-10(14)6-9(2)12(8)21(18,19)17-3-4-20-11(7-17)13(15)16/h5-6,11H,3-4,7H2,1-2H3,(H3,15,16). The lowest BCUT2D eigenvalue weighted by Crippen LogP contribution is -2.50. The first kappa shape index (κ1) is 15.9. The molecule has 0 spiro atoms. The predicted molar refractivity (Wildman–Crippen MR) is 76.3 cm³/mol. The fourth-order valence-corrected chi connectivity index (χ4v) is 4.30. The number of amidine groups is 1. The Morgan fingerprint density at radius 2 is 2.00 bits per heavy atom. The van der Waals surface area contributed by atoms with E-state index in [2.05, 4.69) is 0 Å². The van der Waals surface area contributed by atoms with Crippen LogP contribution < -0.4 is 5.73 Å². The van der Waals surface area contributed by atoms with Crippen molar-refractivity contribution in [1.29, 1.82) is 5.41 Å². The highest BCUT2D eigenvalue weighted by molar-refractivity contribution is 7.89. The van der Waals surface area contributed by atoms with Crippen molar-refractivity contribution >= 4 is 15.9 Å². The summed E-state index contributed by atoms with van der Waals surface area (Å²) in [4.78, 5) is 0.105. The van der Waals surface area contributed by atoms with Crippen LogP contribution >= 0.6 is 0 Å². The number of nitrogens with zero attached hydrogens (tertiary/aromatic N) is 1. The highest BCUT2D eigenvalue weighted by atomic mass is 32.2. The summed E-state index contributed by atoms with van der Waals surface area (Å²) in [6.07, 6.45) is -0.741. The molecule has 0 saturated carbocycles. The van der Waals surface area contributed by atoms with Crippen LogP contribution in [0.1, 0.15) is 11.1 Å². The number of hydrogen-bond acceptors (Lipinski definition) is 4. The second kappa shape index (κ2) is 5.70. The highest BCUT2D eigenvalue weighted by Gasteiger charge is 2.33. The van der Waals surface area contributed by atoms with Crippen LogP contribution in [0.3, 0.4) is 0 Å². The maximum Gasteiger partial charge on any atom is 0.243 e. The highest BCUT2D eigenvalue weighted by Crippen LogP contribution is 2.26. The van der Waals surface area contributed by atoms with Crippen molar-refractivity contribution < 1.29 is 17.5 Å². The Labute approximate surface area is 123 Å². The zero-order chi connectivity index (χ0) is 15.8. The van der Waals surface area contributed by atoms with Gasteiger partial charge in [0.15, 0.2) is 0 Å². The van der Waals surface area contributed by atoms with Gasteiger partial charge in [0.25, 0.3) is 0 Å². The average molecular weight is 315 g/mol. The average Bonchev–Trinajstić information content (AvgIpc) is 2.37. The van der Waals surface area contributed by atoms with E-state index in [0.29, 0.717) is 11.1 Å². The number of nitrogens with two attached hydrogens (primary N) is 1. The fourth-order valence-electron chi connectivity index (χ4n) is 2.47. The summed E-state index contributed by atoms with van der Waals surface area (Å²) in [5.41, 5.74) is 6.10. The minimum atomic E-state index is -3.77. The molecule has 1 aliphatic heterocycles. The number of halogens is 1. The summed E-state index contributed by atoms with van der Waals surface area (Å²) in [7, 11) is -3.77. The molecule has 2 rings (SSSR count). The number of morpholine rings is 1. The third-order valence-electron chi connectivity index (χ3n) is 3.40. The second-order valence-corrected chi connectivity index (χ2v) is 6.92. The van der Waals surface area contributed by atoms with Crippen molar-refractivity contribution in [1.82, 2.24) is 4.31 Å². The smallest absolute Gasteiger partial charge is 0.243 e. The number of sulfonamides is 1. The Kier molecular flexibility index (Phi) is 4.31. The molecule has 1 saturated heterocycles. The van der Waals surface area contributed by atoms with Gasteiger partial charge in [-0.05, 0) is 37.1 Å². The summed E-state index contributed by atoms with van der Waals surface area (Å²) < 4.78 is 45.3. The molecule has 1 atom stereocenters. The topological polar surface area (TPSA) is 96.5 Å². The summed E-state index contributed by atoms with van der Waals surface area (Å²) in [6, 6.07) is 2.39. The Morgan fingerprint density at radius 3 is 2.52 bits per heavy atom. The molecule has 3 N–H and O–H groups in total. The van der Waals surface area contributed by atoms with E-state index < -0.39 is 21.9 Å². The van der Waals surface area contributed by atoms with Gasteiger partial charge in [0.05, 0.1) is 11.5 Å². The number of ether oxygens (including phenoxy) is 1. The van der Waals surface area contributed by atoms with Crippen molar-refractivity contribution in [3.63, 3.8) is 0 Å². The maximum absolute atomic E-state index is 13.3. The fraction of sp³-hybridized carbons (Fsp3) is 0.462. The minimum Gasteiger partial charge on any atom is -0.385 e. The van der Waals surface area contributed by atoms with Crippen LogP contribution in [0.2, 0.25) is 0 Å². The van der Waals surface area contributed by atoms with Gasteiger partial charge < -0.3 is 10.5 Å². The lowest BCUT2D eigenvalue weighted by Gasteiger charge is -2.32. The molecule has 116 valence electrons. The van der Waals surface area contributed by atoms with Crippen molar-refractivity contribution in [2.75, 3.05) is 19.7 Å². The van der Waals surface area contributed by atoms with Crippen LogP contribution in [-0.4, -0.2) is 44.4 Å². The first-order valence-corrected chi connectivity index (χ1v) is 7.90. The van der Waals surface area contributed by atoms with Gasteiger partial charge >= 0.3 is 0 Å². The van der Waals surface area contributed by atoms with Crippen LogP contribution in [0.15, 0.2) is 17.0 Å². The van der Waals surface area contributed by atoms with Crippen molar-refractivity contribution in [2.45, 2.75) is 24.8 Å². The lowest BCUT2D eigenvalue weighted by atomic mass is 10.1. The zero-order valence-electron chi connectivity index (χ0n) is 11.9. The monoisotopic (exact) mass is 315 g/mol. The maximum atomic E-state index is 13.3. The van der Waals surface area contributed by atoms with Crippen LogP contribution in [-0.2, 0) is 14.8 Å². The van der Waals surface area contributed by atoms with E-state index in [4.69, 9.17) is 15.9 Å². The largest absolute Gasteiger partial charge is 0.385 e. The van der Waals surface area contributed by atoms with E-state index in [1.165, 1.54) is 16.4 Å². The molecule has 0 bridgehead atoms. The lowest BCUT2D eigenvalue weighted by molar-refractivity contribution is 0.0368. The molecule has 6 nitrogen and oxygen atoms in total. The van der Waals surface area contributed by atoms with E-state index in [0.717, 1.165) is 0 Å². The third-order valence-corrected chi connectivity index (χ3v) is 5.57. The van der Waals surface area contributed by atoms with Crippen LogP contribution in [0.5, 0.6) is 0 Å². The molecular formula is C13H18FN3O3S. The number of rotatable bonds is 3. The number of aryl methyl sites for hydroxylation is 2. The molecule has 0 aliphatic carbocycles. The predicted octanol–water partition coefficient (Wildman–Crippen LogP) is 0.768. The second-order valence-electron chi connectivity index (χ2n) is 5.05. The van der Waals surface area contributed by atoms with Gasteiger partial charge in [0, 0.05) is 13.1 Å². The molecule has 0 radical (unpaired) electrons. The molecule has 1 aromatic carbocycles. The summed E-state index contributed by atoms with van der Waals surface area (Å²) in [6.45, 7) is 3.47. The summed E-state index contributed by atoms with van der Waals surface area (Å²) >= 11 is 0. The number of nitrogens with one attached hydrogen (secondary N) is 1. The Hall–Kier alpha value is -1.51. The molecule has 1 heterocycles. The summed E-state index contributed by atoms with van der Waals surface area (Å²) in [5.74, 6) is -0.671. The molecule has 1 fully saturated rings. The first-order valence-electron chi connectivity index (χ1n) is 6.46. The SMILES string of the molecule is Cc1cc(F)cc(C)c1S(=O)(=O)N1CCOC(C(=N)N)C1. The van der Waals surface area contributed by atoms with Gasteiger partial charge in [-0.15, -0.1) is 0 Å². The van der Waals surface area contributed by atoms with Gasteiger partial charge in [-0.2, -0.15) is 4.31 Å². The summed E-state index contributed by atoms with van der Waals surface area (Å²) in [5, 5.41) is 7.38. The van der Waals surface area contributed by atoms with Crippen LogP contribution in [0.4, 0.5) is 4.39 Å². The van der Waals surface area contributed by atoms with Gasteiger partial charge in [0.2, 0.25) is 10.0 Å². The van der Waals surface area contributed by atoms with Gasteiger partial charge in [-0.3, -0.25) is 5.41 Å². The van der Waals surface area contributed by atoms with Gasteiger partial charge in [0.1, 0.15) is 17.8 Å². The minimum absolute atomic E-state index is 0.00603. The first-order chi connectivity index (χ1) is 9.73. The van der Waals surface area contributed by atoms with Gasteiger partial charge in [-0.25, -0.2) is 12.8 Å². The third kappa shape index (κ3) is 3.07. The number of hydrogen-bond donors (Lipinski definition) is 2. The molecule has 21 heavy (non-hydrogen) atoms. The van der Waals surface area contributed by atoms with E-state index in [-0.39, 0.29) is 30.4 Å². The van der Waals surface area contributed by atoms with E-state index in [1.54, 1.807) is 13.8 Å². The van der Waals surface area contributed by atoms with Crippen LogP contribution in [0, 0.1) is 25.1 Å².